The molecule has 4 aliphatic rings. The average molecular weight is 390 g/mol. The highest BCUT2D eigenvalue weighted by Gasteiger charge is 2.59. The van der Waals surface area contributed by atoms with Crippen LogP contribution in [0.1, 0.15) is 96.0 Å². The van der Waals surface area contributed by atoms with Gasteiger partial charge >= 0.3 is 5.97 Å². The molecule has 0 heterocycles. The van der Waals surface area contributed by atoms with Crippen molar-refractivity contribution < 1.29 is 18.4 Å². The van der Waals surface area contributed by atoms with E-state index in [9.17, 15) is 11.0 Å². The van der Waals surface area contributed by atoms with Crippen LogP contribution in [0.15, 0.2) is 11.6 Å². The summed E-state index contributed by atoms with van der Waals surface area (Å²) >= 11 is 0. The lowest BCUT2D eigenvalue weighted by Crippen LogP contribution is -2.51. The first kappa shape index (κ1) is 16.7. The van der Waals surface area contributed by atoms with Crippen molar-refractivity contribution in [2.75, 3.05) is 0 Å². The van der Waals surface area contributed by atoms with Gasteiger partial charge < -0.3 is 4.74 Å². The van der Waals surface area contributed by atoms with Crippen LogP contribution >= 0.6 is 0 Å². The molecule has 0 amide bonds. The number of carbonyl (C=O) groups is 2. The summed E-state index contributed by atoms with van der Waals surface area (Å²) in [5, 5.41) is 0. The first-order valence-corrected chi connectivity index (χ1v) is 11.3. The fourth-order valence-electron chi connectivity index (χ4n) is 6.67. The Kier molecular flexibility index (Phi) is 4.34. The quantitative estimate of drug-likeness (QED) is 0.565. The molecular formula is C25H38O3. The van der Waals surface area contributed by atoms with Crippen LogP contribution in [0.5, 0.6) is 0 Å². The van der Waals surface area contributed by atoms with Gasteiger partial charge in [-0.25, -0.2) is 0 Å². The Balaban J connectivity index is 1.62. The Hall–Kier alpha value is -1.12. The fraction of sp³-hybridized carbons (Fsp3) is 0.840. The van der Waals surface area contributed by atoms with Crippen molar-refractivity contribution in [3.63, 3.8) is 0 Å². The molecule has 0 saturated heterocycles. The van der Waals surface area contributed by atoms with Crippen molar-refractivity contribution in [2.24, 2.45) is 34.5 Å². The molecule has 0 aliphatic heterocycles. The van der Waals surface area contributed by atoms with E-state index in [-0.39, 0.29) is 30.0 Å². The summed E-state index contributed by atoms with van der Waals surface area (Å²) in [6.07, 6.45) is 4.27. The second-order valence-electron chi connectivity index (χ2n) is 10.5. The van der Waals surface area contributed by atoms with E-state index in [0.29, 0.717) is 37.0 Å². The topological polar surface area (TPSA) is 43.4 Å². The second-order valence-corrected chi connectivity index (χ2v) is 10.5. The molecule has 3 fully saturated rings. The van der Waals surface area contributed by atoms with E-state index in [0.717, 1.165) is 25.7 Å². The van der Waals surface area contributed by atoms with E-state index in [2.05, 4.69) is 6.92 Å². The van der Waals surface area contributed by atoms with E-state index in [1.807, 2.05) is 26.8 Å². The van der Waals surface area contributed by atoms with Crippen molar-refractivity contribution in [1.82, 2.24) is 0 Å². The molecule has 4 rings (SSSR count). The Labute approximate surface area is 174 Å². The van der Waals surface area contributed by atoms with Gasteiger partial charge in [0.2, 0.25) is 0 Å². The molecule has 0 spiro atoms. The molecule has 0 aromatic heterocycles. The highest BCUT2D eigenvalue weighted by Crippen LogP contribution is 2.65. The number of hydrogen-bond donors (Lipinski definition) is 0. The van der Waals surface area contributed by atoms with Gasteiger partial charge in [0.1, 0.15) is 6.08 Å². The summed E-state index contributed by atoms with van der Waals surface area (Å²) < 4.78 is 32.5. The standard InChI is InChI=1S/C25H38O3/c1-16(2)5-10-23(27)28-22-9-8-20-19-7-6-17-15-18(26)11-13-24(17,3)21(19)12-14-25(20,22)4/h15-16,19-22H,5-14H2,1-4H3/t19?,20?,21?,22?,24-,25-/m0/s1/i9D2,22D. The highest BCUT2D eigenvalue weighted by molar-refractivity contribution is 5.91. The smallest absolute Gasteiger partial charge is 0.306 e. The third-order valence-corrected chi connectivity index (χ3v) is 8.49. The molecule has 3 saturated carbocycles. The number of ether oxygens (including phenoxy) is 1. The van der Waals surface area contributed by atoms with Crippen LogP contribution < -0.4 is 0 Å². The summed E-state index contributed by atoms with van der Waals surface area (Å²) in [7, 11) is 0. The number of hydrogen-bond acceptors (Lipinski definition) is 3. The molecule has 0 N–H and O–H groups in total. The number of rotatable bonds is 4. The molecule has 6 atom stereocenters. The Morgan fingerprint density at radius 3 is 2.79 bits per heavy atom. The predicted molar refractivity (Wildman–Crippen MR) is 111 cm³/mol. The van der Waals surface area contributed by atoms with Gasteiger partial charge in [-0.15, -0.1) is 0 Å². The minimum atomic E-state index is -1.87. The lowest BCUT2D eigenvalue weighted by Gasteiger charge is -2.57. The van der Waals surface area contributed by atoms with E-state index in [1.54, 1.807) is 0 Å². The van der Waals surface area contributed by atoms with Crippen LogP contribution in [0.4, 0.5) is 0 Å². The molecule has 0 bridgehead atoms. The molecule has 0 radical (unpaired) electrons. The Morgan fingerprint density at radius 2 is 2.04 bits per heavy atom. The molecule has 4 aliphatic carbocycles. The molecule has 0 aromatic carbocycles. The van der Waals surface area contributed by atoms with Crippen LogP contribution in [-0.2, 0) is 14.3 Å². The predicted octanol–water partition coefficient (Wildman–Crippen LogP) is 5.87. The number of fused-ring (bicyclic) bond motifs is 5. The summed E-state index contributed by atoms with van der Waals surface area (Å²) in [6, 6.07) is 0. The van der Waals surface area contributed by atoms with Gasteiger partial charge in [0, 0.05) is 21.0 Å². The Morgan fingerprint density at radius 1 is 1.25 bits per heavy atom. The molecule has 4 unspecified atom stereocenters. The van der Waals surface area contributed by atoms with Crippen LogP contribution in [0, 0.1) is 34.5 Å². The number of carbonyl (C=O) groups excluding carboxylic acids is 2. The minimum absolute atomic E-state index is 0.00604. The molecular weight excluding hydrogens is 348 g/mol. The number of esters is 1. The summed E-state index contributed by atoms with van der Waals surface area (Å²) in [6.45, 7) is 8.39. The van der Waals surface area contributed by atoms with E-state index in [1.165, 1.54) is 5.57 Å². The number of allylic oxidation sites excluding steroid dienone is 1. The summed E-state index contributed by atoms with van der Waals surface area (Å²) in [4.78, 5) is 24.6. The van der Waals surface area contributed by atoms with Crippen molar-refractivity contribution in [3.05, 3.63) is 11.6 Å². The van der Waals surface area contributed by atoms with Crippen LogP contribution in [-0.4, -0.2) is 17.8 Å². The second kappa shape index (κ2) is 7.29. The van der Waals surface area contributed by atoms with E-state index >= 15 is 0 Å². The van der Waals surface area contributed by atoms with Gasteiger partial charge in [0.25, 0.3) is 0 Å². The first-order valence-electron chi connectivity index (χ1n) is 12.8. The van der Waals surface area contributed by atoms with Gasteiger partial charge in [0.05, 0.1) is 1.37 Å². The van der Waals surface area contributed by atoms with E-state index in [4.69, 9.17) is 7.48 Å². The molecule has 0 aromatic rings. The van der Waals surface area contributed by atoms with Crippen LogP contribution in [0.2, 0.25) is 0 Å². The lowest BCUT2D eigenvalue weighted by atomic mass is 9.47. The zero-order valence-corrected chi connectivity index (χ0v) is 18.0. The lowest BCUT2D eigenvalue weighted by molar-refractivity contribution is -0.160. The summed E-state index contributed by atoms with van der Waals surface area (Å²) in [5.74, 6) is 0.901. The van der Waals surface area contributed by atoms with Crippen molar-refractivity contribution >= 4 is 11.8 Å². The maximum Gasteiger partial charge on any atom is 0.306 e. The largest absolute Gasteiger partial charge is 0.462 e. The molecule has 3 heteroatoms. The number of ketones is 1. The zero-order chi connectivity index (χ0) is 22.8. The third kappa shape index (κ3) is 3.27. The summed E-state index contributed by atoms with van der Waals surface area (Å²) in [5.41, 5.74) is 0.603. The van der Waals surface area contributed by atoms with Gasteiger partial charge in [-0.05, 0) is 86.5 Å². The zero-order valence-electron chi connectivity index (χ0n) is 21.0. The van der Waals surface area contributed by atoms with E-state index < -0.39 is 23.8 Å². The van der Waals surface area contributed by atoms with Crippen molar-refractivity contribution in [3.8, 4) is 0 Å². The minimum Gasteiger partial charge on any atom is -0.462 e. The maximum absolute atomic E-state index is 12.6. The highest BCUT2D eigenvalue weighted by atomic mass is 16.5. The van der Waals surface area contributed by atoms with Gasteiger partial charge in [-0.3, -0.25) is 9.59 Å². The van der Waals surface area contributed by atoms with Crippen molar-refractivity contribution in [2.45, 2.75) is 97.9 Å². The van der Waals surface area contributed by atoms with Crippen molar-refractivity contribution in [1.29, 1.82) is 0 Å². The molecule has 28 heavy (non-hydrogen) atoms. The third-order valence-electron chi connectivity index (χ3n) is 8.49. The normalized spacial score (nSPS) is 48.5. The first-order chi connectivity index (χ1) is 14.3. The SMILES string of the molecule is [2H]C1([2H])CC2C3CCC4=CC(=O)CC[C@]4(C)C3CC[C@]2(C)C1([2H])OC(=O)CCC(C)C. The van der Waals surface area contributed by atoms with Gasteiger partial charge in [-0.2, -0.15) is 0 Å². The molecule has 156 valence electrons. The monoisotopic (exact) mass is 389 g/mol. The van der Waals surface area contributed by atoms with Gasteiger partial charge in [-0.1, -0.05) is 33.3 Å². The fourth-order valence-corrected chi connectivity index (χ4v) is 6.67. The van der Waals surface area contributed by atoms with Crippen LogP contribution in [0.3, 0.4) is 0 Å². The Bertz CT molecular complexity index is 806. The molecule has 3 nitrogen and oxygen atoms in total. The van der Waals surface area contributed by atoms with Crippen LogP contribution in [0.25, 0.3) is 0 Å². The van der Waals surface area contributed by atoms with Gasteiger partial charge in [0.15, 0.2) is 5.78 Å². The maximum atomic E-state index is 12.6. The average Bonchev–Trinajstić information content (AvgIpc) is 2.83.